The van der Waals surface area contributed by atoms with Crippen LogP contribution in [0.1, 0.15) is 35.4 Å². The van der Waals surface area contributed by atoms with Crippen LogP contribution in [0, 0.1) is 0 Å². The van der Waals surface area contributed by atoms with E-state index in [1.54, 1.807) is 35.9 Å². The van der Waals surface area contributed by atoms with E-state index >= 15 is 0 Å². The van der Waals surface area contributed by atoms with E-state index in [2.05, 4.69) is 26.8 Å². The molecule has 0 saturated heterocycles. The minimum Gasteiger partial charge on any atom is -0.491 e. The first-order valence-corrected chi connectivity index (χ1v) is 8.74. The Kier molecular flexibility index (Phi) is 4.65. The third kappa shape index (κ3) is 3.63. The Balaban J connectivity index is 1.92. The van der Waals surface area contributed by atoms with E-state index in [0.717, 1.165) is 12.1 Å². The third-order valence-electron chi connectivity index (χ3n) is 4.35. The van der Waals surface area contributed by atoms with Crippen molar-refractivity contribution in [3.05, 3.63) is 83.4 Å². The Labute approximate surface area is 164 Å². The second kappa shape index (κ2) is 7.16. The van der Waals surface area contributed by atoms with Crippen LogP contribution in [0.15, 0.2) is 59.9 Å². The van der Waals surface area contributed by atoms with Gasteiger partial charge in [-0.2, -0.15) is 13.2 Å². The second-order valence-electron chi connectivity index (χ2n) is 6.47. The highest BCUT2D eigenvalue weighted by Gasteiger charge is 2.33. The molecule has 148 valence electrons. The molecule has 0 fully saturated rings. The highest BCUT2D eigenvalue weighted by atomic mass is 19.4. The first-order chi connectivity index (χ1) is 13.8. The van der Waals surface area contributed by atoms with Crippen LogP contribution in [0.25, 0.3) is 5.69 Å². The van der Waals surface area contributed by atoms with Crippen LogP contribution in [-0.2, 0) is 24.1 Å². The van der Waals surface area contributed by atoms with Crippen molar-refractivity contribution in [2.24, 2.45) is 4.99 Å². The number of hydrogen-bond acceptors (Lipinski definition) is 5. The van der Waals surface area contributed by atoms with Gasteiger partial charge in [0.2, 0.25) is 0 Å². The summed E-state index contributed by atoms with van der Waals surface area (Å²) in [5.74, 6) is 1.44. The molecule has 0 aliphatic carbocycles. The number of benzene rings is 1. The van der Waals surface area contributed by atoms with Gasteiger partial charge in [0.25, 0.3) is 0 Å². The Morgan fingerprint density at radius 3 is 2.72 bits per heavy atom. The lowest BCUT2D eigenvalue weighted by atomic mass is 10.0. The Morgan fingerprint density at radius 1 is 1.21 bits per heavy atom. The molecule has 4 rings (SSSR count). The first kappa shape index (κ1) is 18.9. The van der Waals surface area contributed by atoms with Gasteiger partial charge >= 0.3 is 6.18 Å². The van der Waals surface area contributed by atoms with Crippen LogP contribution >= 0.6 is 0 Å². The molecule has 2 aromatic heterocycles. The monoisotopic (exact) mass is 399 g/mol. The molecule has 0 N–H and O–H groups in total. The molecule has 0 amide bonds. The van der Waals surface area contributed by atoms with Gasteiger partial charge in [-0.25, -0.2) is 0 Å². The average molecular weight is 399 g/mol. The molecule has 0 spiro atoms. The number of alkyl halides is 3. The molecule has 29 heavy (non-hydrogen) atoms. The van der Waals surface area contributed by atoms with E-state index in [4.69, 9.17) is 4.74 Å². The maximum Gasteiger partial charge on any atom is 0.416 e. The number of aliphatic imine (C=N–C) groups is 1. The fraction of sp³-hybridized carbons (Fsp3) is 0.200. The van der Waals surface area contributed by atoms with Gasteiger partial charge in [-0.1, -0.05) is 12.6 Å². The van der Waals surface area contributed by atoms with Crippen LogP contribution in [0.5, 0.6) is 0 Å². The van der Waals surface area contributed by atoms with E-state index < -0.39 is 11.7 Å². The molecule has 3 heterocycles. The summed E-state index contributed by atoms with van der Waals surface area (Å²) in [5.41, 5.74) is 0.862. The summed E-state index contributed by atoms with van der Waals surface area (Å²) in [6, 6.07) is 8.72. The number of halogens is 3. The first-order valence-electron chi connectivity index (χ1n) is 8.74. The van der Waals surface area contributed by atoms with Crippen LogP contribution in [-0.4, -0.2) is 25.5 Å². The third-order valence-corrected chi connectivity index (χ3v) is 4.35. The van der Waals surface area contributed by atoms with E-state index in [-0.39, 0.29) is 13.2 Å². The van der Waals surface area contributed by atoms with Crippen molar-refractivity contribution in [2.45, 2.75) is 26.3 Å². The van der Waals surface area contributed by atoms with Crippen molar-refractivity contribution < 1.29 is 17.9 Å². The lowest BCUT2D eigenvalue weighted by Crippen LogP contribution is -2.14. The van der Waals surface area contributed by atoms with Crippen molar-refractivity contribution in [1.29, 1.82) is 0 Å². The fourth-order valence-corrected chi connectivity index (χ4v) is 3.07. The number of fused-ring (bicyclic) bond motifs is 3. The Bertz CT molecular complexity index is 1100. The molecule has 1 aromatic carbocycles. The normalized spacial score (nSPS) is 13.2. The largest absolute Gasteiger partial charge is 0.491 e. The number of aromatic nitrogens is 4. The quantitative estimate of drug-likeness (QED) is 0.620. The molecular weight excluding hydrogens is 383 g/mol. The SMILES string of the molecule is C=C(C)OCc1nnc2n1-c1ccc(C(F)(F)F)cc1C(c1ccccn1)=NC2. The summed E-state index contributed by atoms with van der Waals surface area (Å²) in [6.07, 6.45) is -2.92. The minimum absolute atomic E-state index is 0.0850. The van der Waals surface area contributed by atoms with Gasteiger partial charge in [-0.3, -0.25) is 14.5 Å². The molecule has 0 unspecified atom stereocenters. The van der Waals surface area contributed by atoms with Gasteiger partial charge < -0.3 is 4.74 Å². The van der Waals surface area contributed by atoms with Crippen molar-refractivity contribution in [1.82, 2.24) is 19.7 Å². The number of pyridine rings is 1. The van der Waals surface area contributed by atoms with Crippen LogP contribution in [0.2, 0.25) is 0 Å². The van der Waals surface area contributed by atoms with E-state index in [1.165, 1.54) is 6.07 Å². The number of hydrogen-bond donors (Lipinski definition) is 0. The molecule has 1 aliphatic heterocycles. The molecule has 3 aromatic rings. The maximum atomic E-state index is 13.4. The lowest BCUT2D eigenvalue weighted by Gasteiger charge is -2.16. The van der Waals surface area contributed by atoms with E-state index in [0.29, 0.717) is 40.1 Å². The number of ether oxygens (including phenoxy) is 1. The number of allylic oxidation sites excluding steroid dienone is 1. The fourth-order valence-electron chi connectivity index (χ4n) is 3.07. The van der Waals surface area contributed by atoms with Crippen LogP contribution < -0.4 is 0 Å². The van der Waals surface area contributed by atoms with Crippen molar-refractivity contribution in [3.63, 3.8) is 0 Å². The van der Waals surface area contributed by atoms with Crippen molar-refractivity contribution in [3.8, 4) is 5.69 Å². The molecule has 0 bridgehead atoms. The number of nitrogens with zero attached hydrogens (tertiary/aromatic N) is 5. The van der Waals surface area contributed by atoms with Crippen LogP contribution in [0.3, 0.4) is 0 Å². The summed E-state index contributed by atoms with van der Waals surface area (Å²) in [4.78, 5) is 8.78. The van der Waals surface area contributed by atoms with Crippen molar-refractivity contribution >= 4 is 5.71 Å². The zero-order chi connectivity index (χ0) is 20.6. The van der Waals surface area contributed by atoms with Gasteiger partial charge in [0, 0.05) is 11.8 Å². The summed E-state index contributed by atoms with van der Waals surface area (Å²) in [7, 11) is 0. The predicted octanol–water partition coefficient (Wildman–Crippen LogP) is 4.08. The Morgan fingerprint density at radius 2 is 2.03 bits per heavy atom. The minimum atomic E-state index is -4.49. The predicted molar refractivity (Wildman–Crippen MR) is 99.5 cm³/mol. The van der Waals surface area contributed by atoms with Gasteiger partial charge in [0.1, 0.15) is 13.2 Å². The Hall–Kier alpha value is -3.49. The summed E-state index contributed by atoms with van der Waals surface area (Å²) in [5, 5.41) is 8.27. The summed E-state index contributed by atoms with van der Waals surface area (Å²) in [6.45, 7) is 5.61. The van der Waals surface area contributed by atoms with Gasteiger partial charge in [0.05, 0.1) is 28.4 Å². The topological polar surface area (TPSA) is 65.2 Å². The lowest BCUT2D eigenvalue weighted by molar-refractivity contribution is -0.137. The van der Waals surface area contributed by atoms with Gasteiger partial charge in [0.15, 0.2) is 11.6 Å². The molecule has 1 aliphatic rings. The molecule has 6 nitrogen and oxygen atoms in total. The van der Waals surface area contributed by atoms with E-state index in [9.17, 15) is 13.2 Å². The maximum absolute atomic E-state index is 13.4. The van der Waals surface area contributed by atoms with Gasteiger partial charge in [-0.15, -0.1) is 10.2 Å². The molecule has 0 atom stereocenters. The highest BCUT2D eigenvalue weighted by Crippen LogP contribution is 2.34. The van der Waals surface area contributed by atoms with Gasteiger partial charge in [-0.05, 0) is 37.3 Å². The van der Waals surface area contributed by atoms with Crippen molar-refractivity contribution in [2.75, 3.05) is 0 Å². The molecule has 9 heteroatoms. The molecular formula is C20H16F3N5O. The average Bonchev–Trinajstić information content (AvgIpc) is 3.01. The van der Waals surface area contributed by atoms with E-state index in [1.807, 2.05) is 0 Å². The summed E-state index contributed by atoms with van der Waals surface area (Å²) >= 11 is 0. The zero-order valence-electron chi connectivity index (χ0n) is 15.4. The standard InChI is InChI=1S/C20H16F3N5O/c1-12(2)29-11-18-27-26-17-10-25-19(15-5-3-4-8-24-15)14-9-13(20(21,22)23)6-7-16(14)28(17)18/h3-9H,1,10-11H2,2H3. The molecule has 0 saturated carbocycles. The zero-order valence-corrected chi connectivity index (χ0v) is 15.4. The van der Waals surface area contributed by atoms with Crippen LogP contribution in [0.4, 0.5) is 13.2 Å². The molecule has 0 radical (unpaired) electrons. The second-order valence-corrected chi connectivity index (χ2v) is 6.47. The summed E-state index contributed by atoms with van der Waals surface area (Å²) < 4.78 is 47.3. The smallest absolute Gasteiger partial charge is 0.416 e. The highest BCUT2D eigenvalue weighted by molar-refractivity contribution is 6.14. The number of rotatable bonds is 4.